The third-order valence-corrected chi connectivity index (χ3v) is 6.64. The first-order valence-electron chi connectivity index (χ1n) is 9.35. The van der Waals surface area contributed by atoms with Crippen LogP contribution in [0.1, 0.15) is 12.5 Å². The van der Waals surface area contributed by atoms with Crippen LogP contribution < -0.4 is 14.4 Å². The normalized spacial score (nSPS) is 12.8. The fourth-order valence-electron chi connectivity index (χ4n) is 2.96. The van der Waals surface area contributed by atoms with Crippen LogP contribution in [0.3, 0.4) is 0 Å². The van der Waals surface area contributed by atoms with Crippen LogP contribution in [-0.2, 0) is 21.0 Å². The highest BCUT2D eigenvalue weighted by Gasteiger charge is 2.34. The van der Waals surface area contributed by atoms with Gasteiger partial charge in [0.1, 0.15) is 16.8 Å². The monoisotopic (exact) mass is 500 g/mol. The second kappa shape index (κ2) is 9.35. The number of alkyl halides is 3. The Morgan fingerprint density at radius 1 is 1.15 bits per heavy atom. The number of carbonyl (C=O) groups is 1. The summed E-state index contributed by atoms with van der Waals surface area (Å²) in [5, 5.41) is 11.0. The Balaban J connectivity index is 1.83. The molecule has 0 aliphatic heterocycles. The van der Waals surface area contributed by atoms with Gasteiger partial charge in [-0.2, -0.15) is 13.2 Å². The molecular weight excluding hydrogens is 481 g/mol. The van der Waals surface area contributed by atoms with E-state index in [4.69, 9.17) is 4.74 Å². The van der Waals surface area contributed by atoms with E-state index in [9.17, 15) is 26.4 Å². The van der Waals surface area contributed by atoms with Crippen molar-refractivity contribution in [3.63, 3.8) is 0 Å². The molecule has 1 amide bonds. The van der Waals surface area contributed by atoms with Crippen molar-refractivity contribution in [2.75, 3.05) is 23.0 Å². The van der Waals surface area contributed by atoms with E-state index in [1.165, 1.54) is 20.1 Å². The van der Waals surface area contributed by atoms with Crippen molar-refractivity contribution >= 4 is 38.1 Å². The molecule has 0 saturated heterocycles. The number of ether oxygens (including phenoxy) is 1. The lowest BCUT2D eigenvalue weighted by molar-refractivity contribution is -0.137. The fourth-order valence-corrected chi connectivity index (χ4v) is 4.88. The van der Waals surface area contributed by atoms with Gasteiger partial charge in [-0.3, -0.25) is 14.4 Å². The quantitative estimate of drug-likeness (QED) is 0.526. The van der Waals surface area contributed by atoms with Crippen LogP contribution in [0.4, 0.5) is 24.0 Å². The summed E-state index contributed by atoms with van der Waals surface area (Å²) in [6.07, 6.45) is -3.86. The number of anilines is 2. The highest BCUT2D eigenvalue weighted by atomic mass is 32.2. The average Bonchev–Trinajstić information content (AvgIpc) is 3.21. The smallest absolute Gasteiger partial charge is 0.416 e. The third-order valence-electron chi connectivity index (χ3n) is 4.51. The summed E-state index contributed by atoms with van der Waals surface area (Å²) < 4.78 is 69.7. The summed E-state index contributed by atoms with van der Waals surface area (Å²) in [7, 11) is -2.56. The number of aromatic nitrogens is 2. The molecule has 1 N–H and O–H groups in total. The number of rotatable bonds is 7. The van der Waals surface area contributed by atoms with Crippen molar-refractivity contribution in [1.82, 2.24) is 10.2 Å². The van der Waals surface area contributed by atoms with Gasteiger partial charge >= 0.3 is 6.18 Å². The van der Waals surface area contributed by atoms with Gasteiger partial charge in [0.25, 0.3) is 0 Å². The Morgan fingerprint density at radius 3 is 2.39 bits per heavy atom. The number of nitrogens with zero attached hydrogens (tertiary/aromatic N) is 3. The summed E-state index contributed by atoms with van der Waals surface area (Å²) in [4.78, 5) is 12.8. The molecule has 1 atom stereocenters. The predicted molar refractivity (Wildman–Crippen MR) is 119 cm³/mol. The van der Waals surface area contributed by atoms with Gasteiger partial charge in [0.2, 0.25) is 21.1 Å². The first-order valence-corrected chi connectivity index (χ1v) is 12.0. The molecule has 2 aromatic carbocycles. The zero-order chi connectivity index (χ0) is 24.4. The molecule has 13 heteroatoms. The minimum absolute atomic E-state index is 0.107. The number of halogens is 3. The minimum Gasteiger partial charge on any atom is -0.497 e. The van der Waals surface area contributed by atoms with Crippen molar-refractivity contribution < 1.29 is 31.1 Å². The van der Waals surface area contributed by atoms with Crippen LogP contribution >= 0.6 is 11.3 Å². The van der Waals surface area contributed by atoms with Crippen LogP contribution in [0.5, 0.6) is 5.75 Å². The standard InChI is InChI=1S/C20H19F3N4O4S2/c1-12(27(33(3,29)30)15-6-4-5-14(11-15)20(21,22)23)17(28)24-19-26-25-18(32-19)13-7-9-16(31-2)10-8-13/h4-12H,1-3H3,(H,24,26,28)/t12-/m0/s1. The van der Waals surface area contributed by atoms with Gasteiger partial charge in [0.15, 0.2) is 0 Å². The van der Waals surface area contributed by atoms with E-state index in [0.29, 0.717) is 21.1 Å². The Morgan fingerprint density at radius 2 is 1.82 bits per heavy atom. The van der Waals surface area contributed by atoms with Crippen LogP contribution in [-0.4, -0.2) is 43.9 Å². The maximum Gasteiger partial charge on any atom is 0.416 e. The number of carbonyl (C=O) groups excluding carboxylic acids is 1. The van der Waals surface area contributed by atoms with Gasteiger partial charge in [0.05, 0.1) is 24.6 Å². The van der Waals surface area contributed by atoms with Gasteiger partial charge in [-0.05, 0) is 49.4 Å². The molecule has 33 heavy (non-hydrogen) atoms. The maximum absolute atomic E-state index is 13.1. The van der Waals surface area contributed by atoms with E-state index in [1.807, 2.05) is 0 Å². The number of hydrogen-bond acceptors (Lipinski definition) is 7. The zero-order valence-electron chi connectivity index (χ0n) is 17.6. The summed E-state index contributed by atoms with van der Waals surface area (Å²) >= 11 is 1.05. The SMILES string of the molecule is COc1ccc(-c2nnc(NC(=O)[C@H](C)N(c3cccc(C(F)(F)F)c3)S(C)(=O)=O)s2)cc1. The minimum atomic E-state index is -4.67. The molecule has 0 radical (unpaired) electrons. The van der Waals surface area contributed by atoms with Crippen molar-refractivity contribution in [3.8, 4) is 16.3 Å². The average molecular weight is 501 g/mol. The van der Waals surface area contributed by atoms with E-state index < -0.39 is 33.7 Å². The molecule has 0 spiro atoms. The first-order chi connectivity index (χ1) is 15.4. The lowest BCUT2D eigenvalue weighted by Gasteiger charge is -2.28. The fraction of sp³-hybridized carbons (Fsp3) is 0.250. The number of hydrogen-bond donors (Lipinski definition) is 1. The molecule has 3 rings (SSSR count). The zero-order valence-corrected chi connectivity index (χ0v) is 19.3. The lowest BCUT2D eigenvalue weighted by Crippen LogP contribution is -2.45. The molecule has 0 fully saturated rings. The Labute approximate surface area is 192 Å². The molecular formula is C20H19F3N4O4S2. The summed E-state index contributed by atoms with van der Waals surface area (Å²) in [6, 6.07) is 9.37. The highest BCUT2D eigenvalue weighted by molar-refractivity contribution is 7.92. The molecule has 0 bridgehead atoms. The van der Waals surface area contributed by atoms with Crippen LogP contribution in [0.15, 0.2) is 48.5 Å². The molecule has 0 saturated carbocycles. The molecule has 0 unspecified atom stereocenters. The molecule has 0 aliphatic carbocycles. The van der Waals surface area contributed by atoms with Gasteiger partial charge in [0, 0.05) is 5.56 Å². The second-order valence-electron chi connectivity index (χ2n) is 6.91. The Kier molecular flexibility index (Phi) is 6.93. The van der Waals surface area contributed by atoms with Gasteiger partial charge in [-0.25, -0.2) is 8.42 Å². The predicted octanol–water partition coefficient (Wildman–Crippen LogP) is 4.03. The van der Waals surface area contributed by atoms with Gasteiger partial charge in [-0.1, -0.05) is 17.4 Å². The van der Waals surface area contributed by atoms with Crippen molar-refractivity contribution in [3.05, 3.63) is 54.1 Å². The van der Waals surface area contributed by atoms with Gasteiger partial charge < -0.3 is 4.74 Å². The van der Waals surface area contributed by atoms with Gasteiger partial charge in [-0.15, -0.1) is 10.2 Å². The third kappa shape index (κ3) is 5.79. The number of methoxy groups -OCH3 is 1. The first kappa shape index (κ1) is 24.5. The largest absolute Gasteiger partial charge is 0.497 e. The molecule has 8 nitrogen and oxygen atoms in total. The maximum atomic E-state index is 13.1. The van der Waals surface area contributed by atoms with Crippen LogP contribution in [0.25, 0.3) is 10.6 Å². The number of benzene rings is 2. The van der Waals surface area contributed by atoms with E-state index in [2.05, 4.69) is 15.5 Å². The van der Waals surface area contributed by atoms with E-state index in [1.54, 1.807) is 24.3 Å². The molecule has 176 valence electrons. The van der Waals surface area contributed by atoms with Crippen molar-refractivity contribution in [2.24, 2.45) is 0 Å². The van der Waals surface area contributed by atoms with E-state index in [0.717, 1.165) is 35.3 Å². The molecule has 1 aromatic heterocycles. The number of sulfonamides is 1. The van der Waals surface area contributed by atoms with Crippen molar-refractivity contribution in [1.29, 1.82) is 0 Å². The van der Waals surface area contributed by atoms with Crippen molar-refractivity contribution in [2.45, 2.75) is 19.1 Å². The Hall–Kier alpha value is -3.19. The summed E-state index contributed by atoms with van der Waals surface area (Å²) in [5.74, 6) is -0.128. The van der Waals surface area contributed by atoms with Crippen LogP contribution in [0.2, 0.25) is 0 Å². The summed E-state index contributed by atoms with van der Waals surface area (Å²) in [6.45, 7) is 1.27. The topological polar surface area (TPSA) is 101 Å². The molecule has 1 heterocycles. The summed E-state index contributed by atoms with van der Waals surface area (Å²) in [5.41, 5.74) is -0.593. The molecule has 0 aliphatic rings. The van der Waals surface area contributed by atoms with E-state index >= 15 is 0 Å². The Bertz CT molecular complexity index is 1240. The number of amides is 1. The number of nitrogens with one attached hydrogen (secondary N) is 1. The lowest BCUT2D eigenvalue weighted by atomic mass is 10.2. The second-order valence-corrected chi connectivity index (χ2v) is 9.75. The molecule has 3 aromatic rings. The van der Waals surface area contributed by atoms with Crippen LogP contribution in [0, 0.1) is 0 Å². The highest BCUT2D eigenvalue weighted by Crippen LogP contribution is 2.33. The van der Waals surface area contributed by atoms with E-state index in [-0.39, 0.29) is 10.8 Å².